The Morgan fingerprint density at radius 3 is 2.95 bits per heavy atom. The van der Waals surface area contributed by atoms with E-state index in [1.54, 1.807) is 22.8 Å². The lowest BCUT2D eigenvalue weighted by molar-refractivity contribution is 0.667. The fourth-order valence-electron chi connectivity index (χ4n) is 1.67. The predicted molar refractivity (Wildman–Crippen MR) is 78.6 cm³/mol. The van der Waals surface area contributed by atoms with Gasteiger partial charge in [0, 0.05) is 23.5 Å². The van der Waals surface area contributed by atoms with Gasteiger partial charge in [-0.3, -0.25) is 0 Å². The Morgan fingerprint density at radius 1 is 1.42 bits per heavy atom. The van der Waals surface area contributed by atoms with E-state index in [-0.39, 0.29) is 0 Å². The lowest BCUT2D eigenvalue weighted by Crippen LogP contribution is -2.14. The van der Waals surface area contributed by atoms with Crippen molar-refractivity contribution < 1.29 is 0 Å². The molecule has 0 aliphatic heterocycles. The minimum atomic E-state index is 0.772. The van der Waals surface area contributed by atoms with Gasteiger partial charge < -0.3 is 5.32 Å². The van der Waals surface area contributed by atoms with E-state index in [1.807, 2.05) is 19.2 Å². The van der Waals surface area contributed by atoms with Gasteiger partial charge in [-0.15, -0.1) is 0 Å². The molecule has 0 atom stereocenters. The van der Waals surface area contributed by atoms with E-state index in [9.17, 15) is 0 Å². The molecule has 0 saturated heterocycles. The smallest absolute Gasteiger partial charge is 0.190 e. The van der Waals surface area contributed by atoms with Crippen molar-refractivity contribution in [2.45, 2.75) is 29.9 Å². The molecule has 0 unspecified atom stereocenters. The maximum Gasteiger partial charge on any atom is 0.190 e. The minimum absolute atomic E-state index is 0.772. The maximum atomic E-state index is 6.29. The molecule has 6 heteroatoms. The van der Waals surface area contributed by atoms with E-state index in [0.717, 1.165) is 40.1 Å². The van der Waals surface area contributed by atoms with Gasteiger partial charge in [0.05, 0.1) is 0 Å². The number of rotatable bonds is 6. The van der Waals surface area contributed by atoms with Crippen LogP contribution in [-0.2, 0) is 13.6 Å². The van der Waals surface area contributed by atoms with Crippen LogP contribution in [-0.4, -0.2) is 21.3 Å². The lowest BCUT2D eigenvalue weighted by atomic mass is 10.2. The Labute approximate surface area is 122 Å². The van der Waals surface area contributed by atoms with E-state index >= 15 is 0 Å². The average Bonchev–Trinajstić information content (AvgIpc) is 2.79. The first-order valence-electron chi connectivity index (χ1n) is 6.22. The summed E-state index contributed by atoms with van der Waals surface area (Å²) < 4.78 is 1.76. The van der Waals surface area contributed by atoms with E-state index in [1.165, 1.54) is 0 Å². The lowest BCUT2D eigenvalue weighted by Gasteiger charge is -2.11. The summed E-state index contributed by atoms with van der Waals surface area (Å²) in [6, 6.07) is 5.95. The Kier molecular flexibility index (Phi) is 5.24. The second-order valence-corrected chi connectivity index (χ2v) is 5.58. The van der Waals surface area contributed by atoms with Crippen LogP contribution in [0.1, 0.15) is 18.9 Å². The minimum Gasteiger partial charge on any atom is -0.313 e. The highest BCUT2D eigenvalue weighted by molar-refractivity contribution is 7.99. The third-order valence-electron chi connectivity index (χ3n) is 2.68. The van der Waals surface area contributed by atoms with Gasteiger partial charge in [0.15, 0.2) is 5.16 Å². The summed E-state index contributed by atoms with van der Waals surface area (Å²) in [5, 5.41) is 9.11. The normalized spacial score (nSPS) is 10.9. The molecule has 0 bridgehead atoms. The number of nitrogens with zero attached hydrogens (tertiary/aromatic N) is 3. The van der Waals surface area contributed by atoms with Crippen LogP contribution in [0.15, 0.2) is 34.6 Å². The predicted octanol–water partition coefficient (Wildman–Crippen LogP) is 3.12. The third-order valence-corrected chi connectivity index (χ3v) is 4.18. The standard InChI is InChI=1S/C13H17ClN4S/c1-3-7-15-8-10-11(14)5-4-6-12(10)19-13-16-9-17-18(13)2/h4-6,9,15H,3,7-8H2,1-2H3. The SMILES string of the molecule is CCCNCc1c(Cl)cccc1Sc1ncnn1C. The van der Waals surface area contributed by atoms with Gasteiger partial charge in [-0.25, -0.2) is 9.67 Å². The molecule has 1 aromatic heterocycles. The Bertz CT molecular complexity index is 541. The molecule has 1 aromatic carbocycles. The number of aromatic nitrogens is 3. The van der Waals surface area contributed by atoms with Gasteiger partial charge in [-0.05, 0) is 42.4 Å². The van der Waals surface area contributed by atoms with Crippen molar-refractivity contribution in [1.82, 2.24) is 20.1 Å². The number of benzene rings is 1. The molecule has 0 radical (unpaired) electrons. The molecule has 0 aliphatic carbocycles. The second kappa shape index (κ2) is 6.93. The molecule has 0 fully saturated rings. The van der Waals surface area contributed by atoms with Crippen LogP contribution in [0.25, 0.3) is 0 Å². The highest BCUT2D eigenvalue weighted by Gasteiger charge is 2.10. The largest absolute Gasteiger partial charge is 0.313 e. The van der Waals surface area contributed by atoms with Gasteiger partial charge in [-0.1, -0.05) is 24.6 Å². The molecule has 19 heavy (non-hydrogen) atoms. The topological polar surface area (TPSA) is 42.7 Å². The molecule has 2 rings (SSSR count). The van der Waals surface area contributed by atoms with Crippen LogP contribution in [0.2, 0.25) is 5.02 Å². The quantitative estimate of drug-likeness (QED) is 0.832. The van der Waals surface area contributed by atoms with Crippen LogP contribution in [0.5, 0.6) is 0 Å². The second-order valence-electron chi connectivity index (χ2n) is 4.16. The number of nitrogens with one attached hydrogen (secondary N) is 1. The van der Waals surface area contributed by atoms with E-state index in [4.69, 9.17) is 11.6 Å². The molecule has 2 aromatic rings. The van der Waals surface area contributed by atoms with Crippen molar-refractivity contribution in [2.75, 3.05) is 6.54 Å². The molecular weight excluding hydrogens is 280 g/mol. The summed E-state index contributed by atoms with van der Waals surface area (Å²) in [5.41, 5.74) is 1.12. The van der Waals surface area contributed by atoms with Gasteiger partial charge in [0.1, 0.15) is 6.33 Å². The number of halogens is 1. The summed E-state index contributed by atoms with van der Waals surface area (Å²) in [5.74, 6) is 0. The Balaban J connectivity index is 2.19. The zero-order chi connectivity index (χ0) is 13.7. The van der Waals surface area contributed by atoms with Gasteiger partial charge in [0.25, 0.3) is 0 Å². The van der Waals surface area contributed by atoms with E-state index in [0.29, 0.717) is 0 Å². The Hall–Kier alpha value is -1.04. The maximum absolute atomic E-state index is 6.29. The highest BCUT2D eigenvalue weighted by Crippen LogP contribution is 2.32. The summed E-state index contributed by atoms with van der Waals surface area (Å²) in [4.78, 5) is 5.35. The van der Waals surface area contributed by atoms with Crippen LogP contribution in [0, 0.1) is 0 Å². The molecule has 0 saturated carbocycles. The average molecular weight is 297 g/mol. The molecule has 1 heterocycles. The molecule has 102 valence electrons. The monoisotopic (exact) mass is 296 g/mol. The fraction of sp³-hybridized carbons (Fsp3) is 0.385. The molecular formula is C13H17ClN4S. The number of aryl methyl sites for hydroxylation is 1. The summed E-state index contributed by atoms with van der Waals surface area (Å²) >= 11 is 7.88. The summed E-state index contributed by atoms with van der Waals surface area (Å²) in [6.45, 7) is 3.90. The number of hydrogen-bond acceptors (Lipinski definition) is 4. The molecule has 1 N–H and O–H groups in total. The molecule has 0 amide bonds. The Morgan fingerprint density at radius 2 is 2.26 bits per heavy atom. The first kappa shape index (κ1) is 14.4. The van der Waals surface area contributed by atoms with E-state index in [2.05, 4.69) is 28.4 Å². The van der Waals surface area contributed by atoms with E-state index < -0.39 is 0 Å². The van der Waals surface area contributed by atoms with Gasteiger partial charge >= 0.3 is 0 Å². The van der Waals surface area contributed by atoms with Crippen LogP contribution in [0.3, 0.4) is 0 Å². The van der Waals surface area contributed by atoms with Crippen LogP contribution in [0.4, 0.5) is 0 Å². The molecule has 0 spiro atoms. The van der Waals surface area contributed by atoms with Crippen molar-refractivity contribution in [3.8, 4) is 0 Å². The third kappa shape index (κ3) is 3.72. The fourth-order valence-corrected chi connectivity index (χ4v) is 2.90. The molecule has 0 aliphatic rings. The summed E-state index contributed by atoms with van der Waals surface area (Å²) in [6.07, 6.45) is 2.66. The van der Waals surface area contributed by atoms with Crippen molar-refractivity contribution in [3.63, 3.8) is 0 Å². The van der Waals surface area contributed by atoms with Crippen molar-refractivity contribution >= 4 is 23.4 Å². The first-order chi connectivity index (χ1) is 9.22. The highest BCUT2D eigenvalue weighted by atomic mass is 35.5. The van der Waals surface area contributed by atoms with Crippen LogP contribution >= 0.6 is 23.4 Å². The zero-order valence-electron chi connectivity index (χ0n) is 11.1. The first-order valence-corrected chi connectivity index (χ1v) is 7.41. The van der Waals surface area contributed by atoms with Crippen molar-refractivity contribution in [1.29, 1.82) is 0 Å². The van der Waals surface area contributed by atoms with Gasteiger partial charge in [0.2, 0.25) is 0 Å². The van der Waals surface area contributed by atoms with Crippen molar-refractivity contribution in [2.24, 2.45) is 7.05 Å². The molecule has 4 nitrogen and oxygen atoms in total. The van der Waals surface area contributed by atoms with Gasteiger partial charge in [-0.2, -0.15) is 5.10 Å². The van der Waals surface area contributed by atoms with Crippen molar-refractivity contribution in [3.05, 3.63) is 35.1 Å². The summed E-state index contributed by atoms with van der Waals surface area (Å²) in [7, 11) is 1.88. The number of hydrogen-bond donors (Lipinski definition) is 1. The van der Waals surface area contributed by atoms with Crippen LogP contribution < -0.4 is 5.32 Å². The zero-order valence-corrected chi connectivity index (χ0v) is 12.6.